The third-order valence-corrected chi connectivity index (χ3v) is 6.96. The molecule has 0 fully saturated rings. The minimum atomic E-state index is -0.340. The van der Waals surface area contributed by atoms with Crippen LogP contribution in [0.4, 0.5) is 4.39 Å². The number of ether oxygens (including phenoxy) is 3. The summed E-state index contributed by atoms with van der Waals surface area (Å²) < 4.78 is 31.6. The molecule has 0 aliphatic heterocycles. The van der Waals surface area contributed by atoms with Crippen molar-refractivity contribution in [3.8, 4) is 11.5 Å². The first-order chi connectivity index (χ1) is 13.8. The molecule has 1 unspecified atom stereocenters. The summed E-state index contributed by atoms with van der Waals surface area (Å²) in [4.78, 5) is 0. The first kappa shape index (κ1) is 24.2. The van der Waals surface area contributed by atoms with Crippen LogP contribution in [-0.2, 0) is 4.74 Å². The van der Waals surface area contributed by atoms with Gasteiger partial charge in [0.1, 0.15) is 0 Å². The molecule has 162 valence electrons. The van der Waals surface area contributed by atoms with E-state index in [1.807, 2.05) is 25.1 Å². The first-order valence-electron chi connectivity index (χ1n) is 9.81. The monoisotopic (exact) mass is 535 g/mol. The zero-order valence-corrected chi connectivity index (χ0v) is 20.6. The van der Waals surface area contributed by atoms with Crippen LogP contribution < -0.4 is 30.7 Å². The molecule has 3 nitrogen and oxygen atoms in total. The van der Waals surface area contributed by atoms with Gasteiger partial charge in [0, 0.05) is 0 Å². The van der Waals surface area contributed by atoms with Crippen molar-refractivity contribution in [1.82, 2.24) is 0 Å². The van der Waals surface area contributed by atoms with Gasteiger partial charge in [0.25, 0.3) is 0 Å². The van der Waals surface area contributed by atoms with E-state index in [0.29, 0.717) is 29.5 Å². The van der Waals surface area contributed by atoms with Gasteiger partial charge in [-0.05, 0) is 0 Å². The number of hydrogen-bond donors (Lipinski definition) is 0. The molecule has 0 N–H and O–H groups in total. The Kier molecular flexibility index (Phi) is 9.99. The molecular formula is C23H30ClFIO3-. The van der Waals surface area contributed by atoms with E-state index in [1.54, 1.807) is 6.07 Å². The van der Waals surface area contributed by atoms with Gasteiger partial charge >= 0.3 is 190 Å². The Morgan fingerprint density at radius 3 is 2.28 bits per heavy atom. The number of hydrogen-bond acceptors (Lipinski definition) is 3. The zero-order valence-electron chi connectivity index (χ0n) is 17.7. The molecule has 6 heteroatoms. The van der Waals surface area contributed by atoms with E-state index in [0.717, 1.165) is 21.9 Å². The first-order valence-corrected chi connectivity index (χ1v) is 13.0. The summed E-state index contributed by atoms with van der Waals surface area (Å²) in [5.74, 6) is 1.79. The van der Waals surface area contributed by atoms with Crippen molar-refractivity contribution in [3.05, 3.63) is 58.4 Å². The number of benzene rings is 2. The molecular weight excluding hydrogens is 506 g/mol. The van der Waals surface area contributed by atoms with E-state index < -0.39 is 0 Å². The fraction of sp³-hybridized carbons (Fsp3) is 0.478. The van der Waals surface area contributed by atoms with Gasteiger partial charge in [-0.3, -0.25) is 0 Å². The van der Waals surface area contributed by atoms with Crippen LogP contribution in [0.15, 0.2) is 36.4 Å². The molecule has 0 saturated carbocycles. The second kappa shape index (κ2) is 12.0. The van der Waals surface area contributed by atoms with Crippen molar-refractivity contribution in [2.24, 2.45) is 0 Å². The van der Waals surface area contributed by atoms with Crippen LogP contribution in [0.5, 0.6) is 11.5 Å². The average Bonchev–Trinajstić information content (AvgIpc) is 2.64. The van der Waals surface area contributed by atoms with Gasteiger partial charge in [-0.1, -0.05) is 0 Å². The summed E-state index contributed by atoms with van der Waals surface area (Å²) in [6, 6.07) is 10.6. The molecule has 0 radical (unpaired) electrons. The van der Waals surface area contributed by atoms with Gasteiger partial charge in [0.05, 0.1) is 0 Å². The van der Waals surface area contributed by atoms with Crippen LogP contribution >= 0.6 is 11.6 Å². The summed E-state index contributed by atoms with van der Waals surface area (Å²) in [5, 5.41) is 0.730. The molecule has 29 heavy (non-hydrogen) atoms. The van der Waals surface area contributed by atoms with Crippen molar-refractivity contribution >= 4 is 11.6 Å². The van der Waals surface area contributed by atoms with Gasteiger partial charge in [-0.25, -0.2) is 0 Å². The van der Waals surface area contributed by atoms with Gasteiger partial charge < -0.3 is 0 Å². The summed E-state index contributed by atoms with van der Waals surface area (Å²) >= 11 is 5.94. The molecule has 0 amide bonds. The van der Waals surface area contributed by atoms with Crippen LogP contribution in [-0.4, -0.2) is 21.9 Å². The van der Waals surface area contributed by atoms with Crippen LogP contribution in [0.1, 0.15) is 57.6 Å². The SMILES string of the molecule is CC(Oc1cc(F)ccc1C(C)C)[I-]COCCOc1ccc(C(C)C)c(Cl)c1. The quantitative estimate of drug-likeness (QED) is 0.250. The Morgan fingerprint density at radius 1 is 0.931 bits per heavy atom. The zero-order chi connectivity index (χ0) is 21.4. The third-order valence-electron chi connectivity index (χ3n) is 4.33. The molecule has 0 bridgehead atoms. The summed E-state index contributed by atoms with van der Waals surface area (Å²) in [7, 11) is 0. The molecule has 1 atom stereocenters. The Balaban J connectivity index is 1.69. The van der Waals surface area contributed by atoms with Crippen LogP contribution in [0.3, 0.4) is 0 Å². The Bertz CT molecular complexity index is 783. The molecule has 0 heterocycles. The average molecular weight is 536 g/mol. The van der Waals surface area contributed by atoms with Crippen molar-refractivity contribution in [3.63, 3.8) is 0 Å². The van der Waals surface area contributed by atoms with Crippen molar-refractivity contribution in [2.75, 3.05) is 17.8 Å². The Hall–Kier alpha value is -1.05. The molecule has 2 rings (SSSR count). The van der Waals surface area contributed by atoms with Crippen LogP contribution in [0, 0.1) is 5.82 Å². The van der Waals surface area contributed by atoms with Gasteiger partial charge in [0.2, 0.25) is 0 Å². The van der Waals surface area contributed by atoms with Crippen molar-refractivity contribution in [1.29, 1.82) is 0 Å². The van der Waals surface area contributed by atoms with Crippen molar-refractivity contribution < 1.29 is 39.8 Å². The van der Waals surface area contributed by atoms with E-state index in [9.17, 15) is 4.39 Å². The fourth-order valence-electron chi connectivity index (χ4n) is 2.77. The summed E-state index contributed by atoms with van der Waals surface area (Å²) in [6.07, 6.45) is 0. The molecule has 0 spiro atoms. The second-order valence-electron chi connectivity index (χ2n) is 7.36. The van der Waals surface area contributed by atoms with Crippen LogP contribution in [0.2, 0.25) is 5.02 Å². The van der Waals surface area contributed by atoms with Gasteiger partial charge in [-0.2, -0.15) is 0 Å². The number of alkyl halides is 2. The Labute approximate surface area is 189 Å². The molecule has 0 aliphatic carbocycles. The Morgan fingerprint density at radius 2 is 1.62 bits per heavy atom. The van der Waals surface area contributed by atoms with E-state index >= 15 is 0 Å². The molecule has 0 saturated heterocycles. The predicted molar refractivity (Wildman–Crippen MR) is 112 cm³/mol. The maximum atomic E-state index is 13.6. The van der Waals surface area contributed by atoms with Crippen LogP contribution in [0.25, 0.3) is 0 Å². The number of rotatable bonds is 11. The third kappa shape index (κ3) is 7.95. The maximum absolute atomic E-state index is 13.6. The van der Waals surface area contributed by atoms with E-state index in [4.69, 9.17) is 25.8 Å². The molecule has 2 aromatic carbocycles. The van der Waals surface area contributed by atoms with E-state index in [2.05, 4.69) is 27.7 Å². The molecule has 0 aromatic heterocycles. The number of halogens is 3. The second-order valence-corrected chi connectivity index (χ2v) is 11.0. The minimum absolute atomic E-state index is 0.0383. The standard InChI is InChI=1S/C23H30ClFIO3/c1-15(2)20-9-7-19(13-22(20)24)28-11-10-27-14-26-17(5)29-23-12-18(25)6-8-21(23)16(3)4/h6-9,12-13,15-17H,10-11,14H2,1-5H3/q-1. The predicted octanol–water partition coefficient (Wildman–Crippen LogP) is 3.59. The van der Waals surface area contributed by atoms with Gasteiger partial charge in [0.15, 0.2) is 0 Å². The van der Waals surface area contributed by atoms with E-state index in [-0.39, 0.29) is 37.1 Å². The normalized spacial score (nSPS) is 12.6. The van der Waals surface area contributed by atoms with Crippen molar-refractivity contribution in [2.45, 2.75) is 50.6 Å². The summed E-state index contributed by atoms with van der Waals surface area (Å²) in [6.45, 7) is 11.4. The molecule has 2 aromatic rings. The van der Waals surface area contributed by atoms with E-state index in [1.165, 1.54) is 12.1 Å². The molecule has 0 aliphatic rings. The summed E-state index contributed by atoms with van der Waals surface area (Å²) in [5.41, 5.74) is 2.15. The van der Waals surface area contributed by atoms with Gasteiger partial charge in [-0.15, -0.1) is 0 Å². The fourth-order valence-corrected chi connectivity index (χ4v) is 4.68. The topological polar surface area (TPSA) is 27.7 Å².